The zero-order valence-corrected chi connectivity index (χ0v) is 15.6. The van der Waals surface area contributed by atoms with E-state index in [-0.39, 0.29) is 12.1 Å². The third-order valence-electron chi connectivity index (χ3n) is 4.58. The highest BCUT2D eigenvalue weighted by molar-refractivity contribution is 6.43. The molecule has 0 fully saturated rings. The summed E-state index contributed by atoms with van der Waals surface area (Å²) in [7, 11) is 0. The summed E-state index contributed by atoms with van der Waals surface area (Å²) in [6, 6.07) is 20.9. The fraction of sp³-hybridized carbons (Fsp3) is 0.0952. The van der Waals surface area contributed by atoms with Crippen LogP contribution in [0, 0.1) is 6.92 Å². The number of carbonyl (C=O) groups excluding carboxylic acids is 1. The van der Waals surface area contributed by atoms with Crippen LogP contribution in [-0.4, -0.2) is 5.91 Å². The van der Waals surface area contributed by atoms with Gasteiger partial charge in [0.15, 0.2) is 0 Å². The lowest BCUT2D eigenvalue weighted by Crippen LogP contribution is -2.32. The number of hydrogen-bond acceptors (Lipinski definition) is 2. The molecule has 1 aliphatic heterocycles. The Hall–Kier alpha value is -2.49. The zero-order chi connectivity index (χ0) is 18.3. The Bertz CT molecular complexity index is 1000. The Morgan fingerprint density at radius 1 is 0.923 bits per heavy atom. The van der Waals surface area contributed by atoms with E-state index >= 15 is 0 Å². The van der Waals surface area contributed by atoms with Crippen molar-refractivity contribution in [2.24, 2.45) is 0 Å². The molecule has 4 rings (SSSR count). The Morgan fingerprint density at radius 2 is 1.65 bits per heavy atom. The first kappa shape index (κ1) is 17.0. The van der Waals surface area contributed by atoms with Gasteiger partial charge in [-0.25, -0.2) is 0 Å². The quantitative estimate of drug-likeness (QED) is 0.595. The lowest BCUT2D eigenvalue weighted by atomic mass is 10.1. The predicted octanol–water partition coefficient (Wildman–Crippen LogP) is 6.07. The van der Waals surface area contributed by atoms with Crippen LogP contribution in [0.1, 0.15) is 27.7 Å². The van der Waals surface area contributed by atoms with Gasteiger partial charge in [-0.2, -0.15) is 0 Å². The number of halogens is 2. The molecule has 130 valence electrons. The molecule has 1 atom stereocenters. The minimum absolute atomic E-state index is 0.0365. The van der Waals surface area contributed by atoms with Crippen molar-refractivity contribution in [1.29, 1.82) is 0 Å². The number of nitrogens with zero attached hydrogens (tertiary/aromatic N) is 1. The number of nitrogens with one attached hydrogen (secondary N) is 1. The van der Waals surface area contributed by atoms with Crippen molar-refractivity contribution >= 4 is 40.5 Å². The standard InChI is InChI=1S/C21H16Cl2N2O/c1-13-7-2-5-12-18(13)25-20(14-8-3-4-9-15(14)21(25)26)24-17-11-6-10-16(22)19(17)23/h2-12,20,24H,1H3. The van der Waals surface area contributed by atoms with Crippen LogP contribution in [0.15, 0.2) is 66.7 Å². The Labute approximate surface area is 162 Å². The minimum atomic E-state index is -0.365. The van der Waals surface area contributed by atoms with Gasteiger partial charge in [0.05, 0.1) is 15.7 Å². The molecule has 26 heavy (non-hydrogen) atoms. The van der Waals surface area contributed by atoms with Gasteiger partial charge >= 0.3 is 0 Å². The molecule has 1 unspecified atom stereocenters. The van der Waals surface area contributed by atoms with Gasteiger partial charge in [0, 0.05) is 16.8 Å². The molecule has 3 aromatic rings. The Morgan fingerprint density at radius 3 is 2.46 bits per heavy atom. The smallest absolute Gasteiger partial charge is 0.260 e. The second kappa shape index (κ2) is 6.67. The maximum atomic E-state index is 13.1. The van der Waals surface area contributed by atoms with Crippen molar-refractivity contribution in [3.8, 4) is 0 Å². The van der Waals surface area contributed by atoms with Gasteiger partial charge in [0.25, 0.3) is 5.91 Å². The number of aryl methyl sites for hydroxylation is 1. The Kier molecular flexibility index (Phi) is 4.35. The lowest BCUT2D eigenvalue weighted by molar-refractivity contribution is 0.0993. The number of fused-ring (bicyclic) bond motifs is 1. The first-order chi connectivity index (χ1) is 12.6. The van der Waals surface area contributed by atoms with E-state index in [9.17, 15) is 4.79 Å². The van der Waals surface area contributed by atoms with E-state index in [0.29, 0.717) is 21.3 Å². The second-order valence-electron chi connectivity index (χ2n) is 6.20. The van der Waals surface area contributed by atoms with Crippen molar-refractivity contribution < 1.29 is 4.79 Å². The summed E-state index contributed by atoms with van der Waals surface area (Å²) >= 11 is 12.5. The van der Waals surface area contributed by atoms with Crippen LogP contribution < -0.4 is 10.2 Å². The van der Waals surface area contributed by atoms with Crippen LogP contribution in [-0.2, 0) is 0 Å². The van der Waals surface area contributed by atoms with E-state index < -0.39 is 0 Å². The Balaban J connectivity index is 1.84. The molecule has 1 heterocycles. The fourth-order valence-corrected chi connectivity index (χ4v) is 3.66. The SMILES string of the molecule is Cc1ccccc1N1C(=O)c2ccccc2C1Nc1cccc(Cl)c1Cl. The highest BCUT2D eigenvalue weighted by Crippen LogP contribution is 2.41. The summed E-state index contributed by atoms with van der Waals surface area (Å²) in [6.07, 6.45) is -0.365. The number of para-hydroxylation sites is 1. The normalized spacial score (nSPS) is 15.9. The van der Waals surface area contributed by atoms with Crippen LogP contribution in [0.4, 0.5) is 11.4 Å². The first-order valence-electron chi connectivity index (χ1n) is 8.26. The summed E-state index contributed by atoms with van der Waals surface area (Å²) < 4.78 is 0. The average Bonchev–Trinajstić information content (AvgIpc) is 2.92. The molecule has 0 spiro atoms. The highest BCUT2D eigenvalue weighted by Gasteiger charge is 2.38. The highest BCUT2D eigenvalue weighted by atomic mass is 35.5. The maximum Gasteiger partial charge on any atom is 0.260 e. The van der Waals surface area contributed by atoms with Gasteiger partial charge < -0.3 is 5.32 Å². The molecule has 0 saturated carbocycles. The molecule has 0 radical (unpaired) electrons. The van der Waals surface area contributed by atoms with Gasteiger partial charge in [-0.1, -0.05) is 65.7 Å². The molecule has 0 saturated heterocycles. The van der Waals surface area contributed by atoms with Crippen LogP contribution in [0.2, 0.25) is 10.0 Å². The molecular weight excluding hydrogens is 367 g/mol. The van der Waals surface area contributed by atoms with Gasteiger partial charge in [-0.3, -0.25) is 9.69 Å². The third-order valence-corrected chi connectivity index (χ3v) is 5.40. The number of hydrogen-bond donors (Lipinski definition) is 1. The van der Waals surface area contributed by atoms with E-state index in [1.807, 2.05) is 67.6 Å². The number of anilines is 2. The fourth-order valence-electron chi connectivity index (χ4n) is 3.30. The van der Waals surface area contributed by atoms with Crippen LogP contribution in [0.5, 0.6) is 0 Å². The molecule has 1 amide bonds. The molecule has 5 heteroatoms. The number of amides is 1. The molecule has 1 N–H and O–H groups in total. The number of rotatable bonds is 3. The van der Waals surface area contributed by atoms with E-state index in [1.54, 1.807) is 11.0 Å². The van der Waals surface area contributed by atoms with E-state index in [4.69, 9.17) is 23.2 Å². The zero-order valence-electron chi connectivity index (χ0n) is 14.0. The van der Waals surface area contributed by atoms with Gasteiger partial charge in [-0.05, 0) is 36.8 Å². The van der Waals surface area contributed by atoms with E-state index in [2.05, 4.69) is 5.32 Å². The molecule has 0 aliphatic carbocycles. The van der Waals surface area contributed by atoms with E-state index in [0.717, 1.165) is 16.8 Å². The molecule has 3 aromatic carbocycles. The maximum absolute atomic E-state index is 13.1. The average molecular weight is 383 g/mol. The summed E-state index contributed by atoms with van der Waals surface area (Å²) in [4.78, 5) is 14.9. The molecule has 0 bridgehead atoms. The van der Waals surface area contributed by atoms with Crippen molar-refractivity contribution in [2.75, 3.05) is 10.2 Å². The monoisotopic (exact) mass is 382 g/mol. The third kappa shape index (κ3) is 2.74. The van der Waals surface area contributed by atoms with Gasteiger partial charge in [0.2, 0.25) is 0 Å². The van der Waals surface area contributed by atoms with Crippen molar-refractivity contribution in [3.63, 3.8) is 0 Å². The molecule has 3 nitrogen and oxygen atoms in total. The second-order valence-corrected chi connectivity index (χ2v) is 6.98. The topological polar surface area (TPSA) is 32.3 Å². The summed E-state index contributed by atoms with van der Waals surface area (Å²) in [6.45, 7) is 2.00. The predicted molar refractivity (Wildman–Crippen MR) is 107 cm³/mol. The van der Waals surface area contributed by atoms with Crippen LogP contribution in [0.25, 0.3) is 0 Å². The number of benzene rings is 3. The van der Waals surface area contributed by atoms with Crippen molar-refractivity contribution in [3.05, 3.63) is 93.5 Å². The van der Waals surface area contributed by atoms with Gasteiger partial charge in [-0.15, -0.1) is 0 Å². The number of carbonyl (C=O) groups is 1. The van der Waals surface area contributed by atoms with Crippen molar-refractivity contribution in [1.82, 2.24) is 0 Å². The molecular formula is C21H16Cl2N2O. The first-order valence-corrected chi connectivity index (χ1v) is 9.02. The molecule has 0 aromatic heterocycles. The van der Waals surface area contributed by atoms with Crippen LogP contribution in [0.3, 0.4) is 0 Å². The lowest BCUT2D eigenvalue weighted by Gasteiger charge is -2.28. The largest absolute Gasteiger partial charge is 0.360 e. The summed E-state index contributed by atoms with van der Waals surface area (Å²) in [5.41, 5.74) is 4.18. The van der Waals surface area contributed by atoms with Crippen molar-refractivity contribution in [2.45, 2.75) is 13.1 Å². The summed E-state index contributed by atoms with van der Waals surface area (Å²) in [5, 5.41) is 4.31. The van der Waals surface area contributed by atoms with Crippen LogP contribution >= 0.6 is 23.2 Å². The van der Waals surface area contributed by atoms with E-state index in [1.165, 1.54) is 0 Å². The molecule has 1 aliphatic rings. The van der Waals surface area contributed by atoms with Gasteiger partial charge in [0.1, 0.15) is 6.17 Å². The summed E-state index contributed by atoms with van der Waals surface area (Å²) in [5.74, 6) is -0.0365. The minimum Gasteiger partial charge on any atom is -0.360 e.